The van der Waals surface area contributed by atoms with E-state index in [1.807, 2.05) is 42.5 Å². The molecular formula is C19H16N2O. The highest BCUT2D eigenvalue weighted by molar-refractivity contribution is 5.96. The molecule has 1 atom stereocenters. The van der Waals surface area contributed by atoms with Crippen LogP contribution in [0.4, 0.5) is 0 Å². The van der Waals surface area contributed by atoms with Gasteiger partial charge >= 0.3 is 0 Å². The number of benzene rings is 2. The molecule has 3 rings (SSSR count). The van der Waals surface area contributed by atoms with E-state index >= 15 is 0 Å². The minimum Gasteiger partial charge on any atom is -0.294 e. The van der Waals surface area contributed by atoms with E-state index in [1.165, 1.54) is 4.90 Å². The van der Waals surface area contributed by atoms with E-state index in [4.69, 9.17) is 0 Å². The van der Waals surface area contributed by atoms with Crippen molar-refractivity contribution in [3.8, 4) is 6.07 Å². The van der Waals surface area contributed by atoms with Crippen LogP contribution in [0.5, 0.6) is 0 Å². The predicted octanol–water partition coefficient (Wildman–Crippen LogP) is 3.94. The summed E-state index contributed by atoms with van der Waals surface area (Å²) in [7, 11) is 0. The van der Waals surface area contributed by atoms with Crippen molar-refractivity contribution in [1.29, 1.82) is 5.26 Å². The molecule has 22 heavy (non-hydrogen) atoms. The van der Waals surface area contributed by atoms with Crippen LogP contribution in [0.2, 0.25) is 0 Å². The maximum atomic E-state index is 12.7. The van der Waals surface area contributed by atoms with Crippen LogP contribution in [0.1, 0.15) is 40.0 Å². The predicted molar refractivity (Wildman–Crippen MR) is 85.8 cm³/mol. The number of carbonyl (C=O) groups is 1. The first-order valence-electron chi connectivity index (χ1n) is 7.33. The van der Waals surface area contributed by atoms with Gasteiger partial charge in [-0.3, -0.25) is 9.69 Å². The molecule has 1 aliphatic heterocycles. The van der Waals surface area contributed by atoms with Gasteiger partial charge in [-0.15, -0.1) is 0 Å². The first kappa shape index (κ1) is 14.1. The standard InChI is InChI=1S/C19H16N2O/c1-2-14-9-6-10-15-11-12-21(17(13-20)18(14)15)19(22)16-7-4-3-5-8-16/h3-12,17H,2H2,1H3. The molecule has 0 saturated heterocycles. The van der Waals surface area contributed by atoms with Gasteiger partial charge in [0, 0.05) is 11.8 Å². The molecule has 0 aromatic heterocycles. The van der Waals surface area contributed by atoms with Gasteiger partial charge in [-0.1, -0.05) is 43.3 Å². The van der Waals surface area contributed by atoms with Crippen molar-refractivity contribution in [1.82, 2.24) is 4.90 Å². The summed E-state index contributed by atoms with van der Waals surface area (Å²) in [5, 5.41) is 9.65. The molecule has 0 aliphatic carbocycles. The fraction of sp³-hybridized carbons (Fsp3) is 0.158. The van der Waals surface area contributed by atoms with Gasteiger partial charge in [-0.25, -0.2) is 0 Å². The largest absolute Gasteiger partial charge is 0.294 e. The lowest BCUT2D eigenvalue weighted by Gasteiger charge is -2.30. The number of rotatable bonds is 2. The van der Waals surface area contributed by atoms with Gasteiger partial charge in [0.15, 0.2) is 0 Å². The summed E-state index contributed by atoms with van der Waals surface area (Å²) in [6, 6.07) is 16.8. The lowest BCUT2D eigenvalue weighted by Crippen LogP contribution is -2.32. The number of aryl methyl sites for hydroxylation is 1. The number of amides is 1. The molecule has 1 amide bonds. The van der Waals surface area contributed by atoms with Crippen molar-refractivity contribution < 1.29 is 4.79 Å². The van der Waals surface area contributed by atoms with Crippen LogP contribution >= 0.6 is 0 Å². The van der Waals surface area contributed by atoms with Crippen LogP contribution in [-0.2, 0) is 6.42 Å². The molecule has 3 heteroatoms. The van der Waals surface area contributed by atoms with Crippen LogP contribution in [0.3, 0.4) is 0 Å². The van der Waals surface area contributed by atoms with Crippen molar-refractivity contribution in [2.45, 2.75) is 19.4 Å². The van der Waals surface area contributed by atoms with E-state index < -0.39 is 6.04 Å². The fourth-order valence-electron chi connectivity index (χ4n) is 2.85. The molecule has 0 fully saturated rings. The molecule has 0 N–H and O–H groups in total. The van der Waals surface area contributed by atoms with Crippen molar-refractivity contribution in [3.63, 3.8) is 0 Å². The maximum Gasteiger partial charge on any atom is 0.259 e. The molecule has 0 radical (unpaired) electrons. The monoisotopic (exact) mass is 288 g/mol. The van der Waals surface area contributed by atoms with Crippen molar-refractivity contribution in [3.05, 3.63) is 77.0 Å². The highest BCUT2D eigenvalue weighted by atomic mass is 16.2. The van der Waals surface area contributed by atoms with Crippen molar-refractivity contribution >= 4 is 12.0 Å². The number of nitrogens with zero attached hydrogens (tertiary/aromatic N) is 2. The minimum absolute atomic E-state index is 0.153. The fourth-order valence-corrected chi connectivity index (χ4v) is 2.85. The first-order chi connectivity index (χ1) is 10.8. The Morgan fingerprint density at radius 1 is 1.18 bits per heavy atom. The third kappa shape index (κ3) is 2.29. The second-order valence-electron chi connectivity index (χ2n) is 5.20. The van der Waals surface area contributed by atoms with Gasteiger partial charge in [-0.2, -0.15) is 5.26 Å². The van der Waals surface area contributed by atoms with Crippen molar-refractivity contribution in [2.24, 2.45) is 0 Å². The molecule has 0 saturated carbocycles. The lowest BCUT2D eigenvalue weighted by atomic mass is 9.90. The molecule has 2 aromatic carbocycles. The molecule has 108 valence electrons. The summed E-state index contributed by atoms with van der Waals surface area (Å²) in [5.74, 6) is -0.153. The molecule has 0 bridgehead atoms. The van der Waals surface area contributed by atoms with E-state index in [2.05, 4.69) is 13.0 Å². The average Bonchev–Trinajstić information content (AvgIpc) is 2.60. The Morgan fingerprint density at radius 2 is 1.95 bits per heavy atom. The van der Waals surface area contributed by atoms with E-state index in [-0.39, 0.29) is 5.91 Å². The normalized spacial score (nSPS) is 16.0. The average molecular weight is 288 g/mol. The number of nitriles is 1. The van der Waals surface area contributed by atoms with E-state index in [9.17, 15) is 10.1 Å². The van der Waals surface area contributed by atoms with Crippen LogP contribution in [0.25, 0.3) is 6.08 Å². The smallest absolute Gasteiger partial charge is 0.259 e. The van der Waals surface area contributed by atoms with Gasteiger partial charge in [0.25, 0.3) is 5.91 Å². The number of fused-ring (bicyclic) bond motifs is 1. The Bertz CT molecular complexity index is 772. The topological polar surface area (TPSA) is 44.1 Å². The Morgan fingerprint density at radius 3 is 2.64 bits per heavy atom. The van der Waals surface area contributed by atoms with Crippen LogP contribution in [-0.4, -0.2) is 10.8 Å². The number of carbonyl (C=O) groups excluding carboxylic acids is 1. The van der Waals surface area contributed by atoms with Gasteiger partial charge < -0.3 is 0 Å². The molecule has 1 aliphatic rings. The summed E-state index contributed by atoms with van der Waals surface area (Å²) in [6.07, 6.45) is 4.46. The molecule has 1 unspecified atom stereocenters. The first-order valence-corrected chi connectivity index (χ1v) is 7.33. The number of hydrogen-bond donors (Lipinski definition) is 0. The zero-order valence-corrected chi connectivity index (χ0v) is 12.4. The van der Waals surface area contributed by atoms with E-state index in [0.29, 0.717) is 5.56 Å². The summed E-state index contributed by atoms with van der Waals surface area (Å²) >= 11 is 0. The highest BCUT2D eigenvalue weighted by Gasteiger charge is 2.30. The zero-order valence-electron chi connectivity index (χ0n) is 12.4. The Hall–Kier alpha value is -2.86. The Labute approximate surface area is 130 Å². The second kappa shape index (κ2) is 5.87. The van der Waals surface area contributed by atoms with Crippen molar-refractivity contribution in [2.75, 3.05) is 0 Å². The van der Waals surface area contributed by atoms with E-state index in [1.54, 1.807) is 18.3 Å². The minimum atomic E-state index is -0.580. The summed E-state index contributed by atoms with van der Waals surface area (Å²) < 4.78 is 0. The number of hydrogen-bond acceptors (Lipinski definition) is 2. The summed E-state index contributed by atoms with van der Waals surface area (Å²) in [4.78, 5) is 14.2. The van der Waals surface area contributed by atoms with Gasteiger partial charge in [0.05, 0.1) is 6.07 Å². The SMILES string of the molecule is CCc1cccc2c1C(C#N)N(C(=O)c1ccccc1)C=C2. The highest BCUT2D eigenvalue weighted by Crippen LogP contribution is 2.33. The Balaban J connectivity index is 2.06. The molecular weight excluding hydrogens is 272 g/mol. The summed E-state index contributed by atoms with van der Waals surface area (Å²) in [6.45, 7) is 2.06. The Kier molecular flexibility index (Phi) is 3.76. The van der Waals surface area contributed by atoms with Crippen LogP contribution in [0.15, 0.2) is 54.7 Å². The zero-order chi connectivity index (χ0) is 15.5. The van der Waals surface area contributed by atoms with Gasteiger partial charge in [0.1, 0.15) is 6.04 Å². The van der Waals surface area contributed by atoms with Gasteiger partial charge in [-0.05, 0) is 41.3 Å². The third-order valence-electron chi connectivity index (χ3n) is 3.95. The lowest BCUT2D eigenvalue weighted by molar-refractivity contribution is 0.0794. The van der Waals surface area contributed by atoms with Gasteiger partial charge in [0.2, 0.25) is 0 Å². The third-order valence-corrected chi connectivity index (χ3v) is 3.95. The molecule has 2 aromatic rings. The maximum absolute atomic E-state index is 12.7. The molecule has 1 heterocycles. The van der Waals surface area contributed by atoms with Crippen LogP contribution < -0.4 is 0 Å². The second-order valence-corrected chi connectivity index (χ2v) is 5.20. The summed E-state index contributed by atoms with van der Waals surface area (Å²) in [5.41, 5.74) is 3.66. The van der Waals surface area contributed by atoms with Crippen LogP contribution in [0, 0.1) is 11.3 Å². The van der Waals surface area contributed by atoms with E-state index in [0.717, 1.165) is 23.1 Å². The molecule has 0 spiro atoms. The quantitative estimate of drug-likeness (QED) is 0.840. The molecule has 3 nitrogen and oxygen atoms in total.